The molecule has 1 aromatic heterocycles. The second-order valence-electron chi connectivity index (χ2n) is 7.83. The molecule has 11 heteroatoms. The second kappa shape index (κ2) is 8.16. The number of anilines is 1. The maximum atomic E-state index is 13.0. The van der Waals surface area contributed by atoms with Crippen LogP contribution in [0.25, 0.3) is 0 Å². The molecular formula is C19H23ClN4O5S. The van der Waals surface area contributed by atoms with Gasteiger partial charge >= 0.3 is 0 Å². The minimum Gasteiger partial charge on any atom is -0.482 e. The standard InChI is InChI=1S/C19H23ClN4O5S/c1-11-3-5-13(6-4-11)23-30(26,27)17-8-16-15(7-14(17)20)24(19(25)10-28-16)9-18-21-12(2)29-22-18/h7-8,11,13,23H,3-6,9-10H2,1-2H3. The second-order valence-corrected chi connectivity index (χ2v) is 9.92. The molecule has 0 unspecified atom stereocenters. The van der Waals surface area contributed by atoms with Crippen molar-refractivity contribution >= 4 is 33.2 Å². The Kier molecular flexibility index (Phi) is 5.73. The number of hydrogen-bond acceptors (Lipinski definition) is 7. The highest BCUT2D eigenvalue weighted by atomic mass is 35.5. The van der Waals surface area contributed by atoms with Crippen molar-refractivity contribution < 1.29 is 22.5 Å². The molecule has 0 radical (unpaired) electrons. The van der Waals surface area contributed by atoms with Gasteiger partial charge in [-0.05, 0) is 37.7 Å². The summed E-state index contributed by atoms with van der Waals surface area (Å²) in [5.74, 6) is 1.27. The molecule has 1 aliphatic carbocycles. The minimum absolute atomic E-state index is 0.0121. The summed E-state index contributed by atoms with van der Waals surface area (Å²) in [7, 11) is -3.83. The molecule has 162 valence electrons. The first-order chi connectivity index (χ1) is 14.2. The zero-order valence-electron chi connectivity index (χ0n) is 16.7. The Balaban J connectivity index is 1.61. The average molecular weight is 455 g/mol. The van der Waals surface area contributed by atoms with E-state index in [1.54, 1.807) is 6.92 Å². The lowest BCUT2D eigenvalue weighted by atomic mass is 9.88. The van der Waals surface area contributed by atoms with Gasteiger partial charge in [0.15, 0.2) is 12.4 Å². The Morgan fingerprint density at radius 1 is 1.27 bits per heavy atom. The van der Waals surface area contributed by atoms with Gasteiger partial charge in [-0.25, -0.2) is 13.1 Å². The van der Waals surface area contributed by atoms with Crippen molar-refractivity contribution in [2.24, 2.45) is 5.92 Å². The summed E-state index contributed by atoms with van der Waals surface area (Å²) in [5, 5.41) is 3.82. The summed E-state index contributed by atoms with van der Waals surface area (Å²) in [6, 6.07) is 2.68. The van der Waals surface area contributed by atoms with Crippen molar-refractivity contribution in [1.29, 1.82) is 0 Å². The van der Waals surface area contributed by atoms with Crippen molar-refractivity contribution in [3.63, 3.8) is 0 Å². The highest BCUT2D eigenvalue weighted by molar-refractivity contribution is 7.89. The Hall–Kier alpha value is -2.17. The zero-order chi connectivity index (χ0) is 21.5. The predicted octanol–water partition coefficient (Wildman–Crippen LogP) is 2.81. The first-order valence-electron chi connectivity index (χ1n) is 9.81. The van der Waals surface area contributed by atoms with E-state index in [1.165, 1.54) is 17.0 Å². The third-order valence-corrected chi connectivity index (χ3v) is 7.44. The fraction of sp³-hybridized carbons (Fsp3) is 0.526. The zero-order valence-corrected chi connectivity index (χ0v) is 18.3. The number of nitrogens with zero attached hydrogens (tertiary/aromatic N) is 3. The van der Waals surface area contributed by atoms with Crippen molar-refractivity contribution in [2.75, 3.05) is 11.5 Å². The molecule has 2 aromatic rings. The largest absolute Gasteiger partial charge is 0.482 e. The predicted molar refractivity (Wildman–Crippen MR) is 109 cm³/mol. The topological polar surface area (TPSA) is 115 Å². The third-order valence-electron chi connectivity index (χ3n) is 5.45. The Labute approximate surface area is 179 Å². The first-order valence-corrected chi connectivity index (χ1v) is 11.7. The number of amides is 1. The molecule has 9 nitrogen and oxygen atoms in total. The molecule has 1 fully saturated rings. The van der Waals surface area contributed by atoms with Crippen LogP contribution < -0.4 is 14.4 Å². The number of carbonyl (C=O) groups excluding carboxylic acids is 1. The number of fused-ring (bicyclic) bond motifs is 1. The normalized spacial score (nSPS) is 22.0. The smallest absolute Gasteiger partial charge is 0.265 e. The SMILES string of the molecule is Cc1nc(CN2C(=O)COc3cc(S(=O)(=O)NC4CCC(C)CC4)c(Cl)cc32)no1. The molecule has 0 atom stereocenters. The van der Waals surface area contributed by atoms with E-state index in [2.05, 4.69) is 21.8 Å². The Morgan fingerprint density at radius 3 is 2.67 bits per heavy atom. The minimum atomic E-state index is -3.83. The van der Waals surface area contributed by atoms with Crippen LogP contribution in [0.2, 0.25) is 5.02 Å². The van der Waals surface area contributed by atoms with Crippen molar-refractivity contribution in [2.45, 2.75) is 57.0 Å². The van der Waals surface area contributed by atoms with E-state index in [1.807, 2.05) is 0 Å². The Bertz CT molecular complexity index is 1060. The van der Waals surface area contributed by atoms with Crippen molar-refractivity contribution in [3.8, 4) is 5.75 Å². The molecule has 0 saturated heterocycles. The molecule has 1 N–H and O–H groups in total. The number of aromatic nitrogens is 2. The molecule has 2 aliphatic rings. The van der Waals surface area contributed by atoms with Gasteiger partial charge < -0.3 is 9.26 Å². The van der Waals surface area contributed by atoms with Gasteiger partial charge in [-0.2, -0.15) is 4.98 Å². The number of hydrogen-bond donors (Lipinski definition) is 1. The number of halogens is 1. The van der Waals surface area contributed by atoms with Crippen LogP contribution in [0.4, 0.5) is 5.69 Å². The lowest BCUT2D eigenvalue weighted by Crippen LogP contribution is -2.39. The fourth-order valence-electron chi connectivity index (χ4n) is 3.79. The molecule has 1 saturated carbocycles. The highest BCUT2D eigenvalue weighted by Crippen LogP contribution is 2.39. The molecule has 1 amide bonds. The maximum absolute atomic E-state index is 13.0. The van der Waals surface area contributed by atoms with Gasteiger partial charge in [-0.15, -0.1) is 0 Å². The highest BCUT2D eigenvalue weighted by Gasteiger charge is 2.32. The lowest BCUT2D eigenvalue weighted by molar-refractivity contribution is -0.121. The molecule has 1 aliphatic heterocycles. The third kappa shape index (κ3) is 4.30. The molecule has 1 aromatic carbocycles. The number of aryl methyl sites for hydroxylation is 1. The van der Waals surface area contributed by atoms with E-state index in [0.29, 0.717) is 23.3 Å². The van der Waals surface area contributed by atoms with E-state index >= 15 is 0 Å². The maximum Gasteiger partial charge on any atom is 0.265 e. The quantitative estimate of drug-likeness (QED) is 0.738. The number of benzene rings is 1. The van der Waals surface area contributed by atoms with Crippen molar-refractivity contribution in [3.05, 3.63) is 28.9 Å². The van der Waals surface area contributed by atoms with Gasteiger partial charge in [0.25, 0.3) is 5.91 Å². The van der Waals surface area contributed by atoms with E-state index in [0.717, 1.165) is 25.7 Å². The van der Waals surface area contributed by atoms with Crippen LogP contribution >= 0.6 is 11.6 Å². The van der Waals surface area contributed by atoms with Crippen LogP contribution in [0.3, 0.4) is 0 Å². The van der Waals surface area contributed by atoms with Gasteiger partial charge in [0.05, 0.1) is 17.3 Å². The fourth-order valence-corrected chi connectivity index (χ4v) is 5.63. The molecular weight excluding hydrogens is 432 g/mol. The van der Waals surface area contributed by atoms with E-state index in [4.69, 9.17) is 20.9 Å². The van der Waals surface area contributed by atoms with Gasteiger partial charge in [0.2, 0.25) is 15.9 Å². The summed E-state index contributed by atoms with van der Waals surface area (Å²) >= 11 is 6.34. The number of rotatable bonds is 5. The van der Waals surface area contributed by atoms with E-state index in [-0.39, 0.29) is 40.8 Å². The number of sulfonamides is 1. The molecule has 0 spiro atoms. The first kappa shape index (κ1) is 21.1. The van der Waals surface area contributed by atoms with Gasteiger partial charge in [0, 0.05) is 19.0 Å². The van der Waals surface area contributed by atoms with Gasteiger partial charge in [0.1, 0.15) is 10.6 Å². The monoisotopic (exact) mass is 454 g/mol. The van der Waals surface area contributed by atoms with E-state index < -0.39 is 10.0 Å². The number of ether oxygens (including phenoxy) is 1. The lowest BCUT2D eigenvalue weighted by Gasteiger charge is -2.30. The molecule has 30 heavy (non-hydrogen) atoms. The molecule has 4 rings (SSSR count). The summed E-state index contributed by atoms with van der Waals surface area (Å²) < 4.78 is 39.1. The summed E-state index contributed by atoms with van der Waals surface area (Å²) in [5.41, 5.74) is 0.365. The van der Waals surface area contributed by atoms with Crippen LogP contribution in [0.1, 0.15) is 44.3 Å². The van der Waals surface area contributed by atoms with Gasteiger partial charge in [-0.3, -0.25) is 9.69 Å². The van der Waals surface area contributed by atoms with Crippen LogP contribution in [0, 0.1) is 12.8 Å². The summed E-state index contributed by atoms with van der Waals surface area (Å²) in [4.78, 5) is 17.8. The summed E-state index contributed by atoms with van der Waals surface area (Å²) in [6.45, 7) is 3.66. The van der Waals surface area contributed by atoms with Crippen LogP contribution in [-0.2, 0) is 21.4 Å². The van der Waals surface area contributed by atoms with Crippen LogP contribution in [-0.4, -0.2) is 37.1 Å². The summed E-state index contributed by atoms with van der Waals surface area (Å²) in [6.07, 6.45) is 3.57. The van der Waals surface area contributed by atoms with E-state index in [9.17, 15) is 13.2 Å². The van der Waals surface area contributed by atoms with Crippen molar-refractivity contribution in [1.82, 2.24) is 14.9 Å². The van der Waals surface area contributed by atoms with Crippen LogP contribution in [0.15, 0.2) is 21.6 Å². The average Bonchev–Trinajstić information content (AvgIpc) is 3.10. The van der Waals surface area contributed by atoms with Crippen LogP contribution in [0.5, 0.6) is 5.75 Å². The van der Waals surface area contributed by atoms with Gasteiger partial charge in [-0.1, -0.05) is 23.7 Å². The number of nitrogens with one attached hydrogen (secondary N) is 1. The molecule has 0 bridgehead atoms. The Morgan fingerprint density at radius 2 is 2.00 bits per heavy atom. The number of carbonyl (C=O) groups is 1. The molecule has 2 heterocycles.